The Bertz CT molecular complexity index is 358. The van der Waals surface area contributed by atoms with Gasteiger partial charge in [0.2, 0.25) is 11.8 Å². The molecule has 2 aliphatic rings. The van der Waals surface area contributed by atoms with Gasteiger partial charge in [-0.05, 0) is 46.0 Å². The van der Waals surface area contributed by atoms with Gasteiger partial charge in [-0.15, -0.1) is 0 Å². The van der Waals surface area contributed by atoms with Crippen LogP contribution in [0, 0.1) is 0 Å². The summed E-state index contributed by atoms with van der Waals surface area (Å²) < 4.78 is 0. The zero-order valence-electron chi connectivity index (χ0n) is 11.9. The molecule has 1 aliphatic carbocycles. The molecule has 1 unspecified atom stereocenters. The zero-order valence-corrected chi connectivity index (χ0v) is 11.9. The maximum absolute atomic E-state index is 12.2. The highest BCUT2D eigenvalue weighted by Crippen LogP contribution is 2.23. The predicted octanol–water partition coefficient (Wildman–Crippen LogP) is 0.773. The fraction of sp³-hybridized carbons (Fsp3) is 0.857. The van der Waals surface area contributed by atoms with E-state index < -0.39 is 0 Å². The minimum absolute atomic E-state index is 0.0281. The van der Waals surface area contributed by atoms with Crippen molar-refractivity contribution in [3.8, 4) is 0 Å². The van der Waals surface area contributed by atoms with Crippen LogP contribution in [-0.4, -0.2) is 40.9 Å². The second-order valence-electron chi connectivity index (χ2n) is 6.52. The summed E-state index contributed by atoms with van der Waals surface area (Å²) in [5.41, 5.74) is 5.57. The van der Waals surface area contributed by atoms with E-state index in [0.717, 1.165) is 25.7 Å². The van der Waals surface area contributed by atoms with Crippen LogP contribution in [0.5, 0.6) is 0 Å². The molecule has 19 heavy (non-hydrogen) atoms. The topological polar surface area (TPSA) is 75.4 Å². The SMILES string of the molecule is CC(C)(N)CCC(=O)N1CCCC1C(=O)NC1CC1. The van der Waals surface area contributed by atoms with Gasteiger partial charge in [0.1, 0.15) is 6.04 Å². The fourth-order valence-corrected chi connectivity index (χ4v) is 2.44. The largest absolute Gasteiger partial charge is 0.352 e. The molecule has 1 heterocycles. The molecule has 5 nitrogen and oxygen atoms in total. The standard InChI is InChI=1S/C14H25N3O2/c1-14(2,15)8-7-12(18)17-9-3-4-11(17)13(19)16-10-5-6-10/h10-11H,3-9,15H2,1-2H3,(H,16,19). The molecule has 0 radical (unpaired) electrons. The molecular weight excluding hydrogens is 242 g/mol. The van der Waals surface area contributed by atoms with E-state index in [1.807, 2.05) is 13.8 Å². The average molecular weight is 267 g/mol. The normalized spacial score (nSPS) is 23.5. The van der Waals surface area contributed by atoms with Gasteiger partial charge in [-0.1, -0.05) is 0 Å². The minimum atomic E-state index is -0.332. The Morgan fingerprint density at radius 2 is 2.00 bits per heavy atom. The van der Waals surface area contributed by atoms with Gasteiger partial charge >= 0.3 is 0 Å². The van der Waals surface area contributed by atoms with Gasteiger partial charge < -0.3 is 16.0 Å². The molecule has 108 valence electrons. The van der Waals surface area contributed by atoms with Crippen molar-refractivity contribution in [3.05, 3.63) is 0 Å². The third-order valence-corrected chi connectivity index (χ3v) is 3.78. The third kappa shape index (κ3) is 4.20. The van der Waals surface area contributed by atoms with Gasteiger partial charge in [0.15, 0.2) is 0 Å². The van der Waals surface area contributed by atoms with Crippen molar-refractivity contribution in [1.29, 1.82) is 0 Å². The third-order valence-electron chi connectivity index (χ3n) is 3.78. The number of amides is 2. The zero-order chi connectivity index (χ0) is 14.0. The van der Waals surface area contributed by atoms with Crippen molar-refractivity contribution < 1.29 is 9.59 Å². The number of nitrogens with one attached hydrogen (secondary N) is 1. The number of carbonyl (C=O) groups is 2. The first kappa shape index (κ1) is 14.3. The summed E-state index contributed by atoms with van der Waals surface area (Å²) in [5.74, 6) is 0.0901. The summed E-state index contributed by atoms with van der Waals surface area (Å²) in [7, 11) is 0. The van der Waals surface area contributed by atoms with Crippen molar-refractivity contribution in [1.82, 2.24) is 10.2 Å². The number of hydrogen-bond acceptors (Lipinski definition) is 3. The molecule has 1 atom stereocenters. The molecule has 0 aromatic heterocycles. The molecule has 0 aromatic rings. The minimum Gasteiger partial charge on any atom is -0.352 e. The molecule has 1 aliphatic heterocycles. The summed E-state index contributed by atoms with van der Waals surface area (Å²) in [5, 5.41) is 3.00. The molecule has 0 aromatic carbocycles. The Morgan fingerprint density at radius 1 is 1.32 bits per heavy atom. The van der Waals surface area contributed by atoms with Crippen LogP contribution in [0.1, 0.15) is 52.4 Å². The summed E-state index contributed by atoms with van der Waals surface area (Å²) >= 11 is 0. The molecule has 0 spiro atoms. The number of carbonyl (C=O) groups excluding carboxylic acids is 2. The lowest BCUT2D eigenvalue weighted by atomic mass is 9.99. The Kier molecular flexibility index (Phi) is 4.13. The van der Waals surface area contributed by atoms with E-state index in [2.05, 4.69) is 5.32 Å². The predicted molar refractivity (Wildman–Crippen MR) is 73.4 cm³/mol. The van der Waals surface area contributed by atoms with Crippen molar-refractivity contribution in [2.24, 2.45) is 5.73 Å². The molecule has 0 bridgehead atoms. The quantitative estimate of drug-likeness (QED) is 0.772. The van der Waals surface area contributed by atoms with Crippen molar-refractivity contribution in [2.75, 3.05) is 6.54 Å². The van der Waals surface area contributed by atoms with Crippen molar-refractivity contribution in [3.63, 3.8) is 0 Å². The summed E-state index contributed by atoms with van der Waals surface area (Å²) in [6, 6.07) is 0.0991. The highest BCUT2D eigenvalue weighted by molar-refractivity contribution is 5.88. The molecule has 1 saturated carbocycles. The maximum Gasteiger partial charge on any atom is 0.243 e. The Hall–Kier alpha value is -1.10. The summed E-state index contributed by atoms with van der Waals surface area (Å²) in [4.78, 5) is 26.0. The van der Waals surface area contributed by atoms with E-state index in [1.54, 1.807) is 4.90 Å². The first-order valence-corrected chi connectivity index (χ1v) is 7.25. The van der Waals surface area contributed by atoms with E-state index >= 15 is 0 Å². The lowest BCUT2D eigenvalue weighted by Crippen LogP contribution is -2.47. The first-order valence-electron chi connectivity index (χ1n) is 7.25. The first-order chi connectivity index (χ1) is 8.87. The second kappa shape index (κ2) is 5.49. The van der Waals surface area contributed by atoms with Crippen LogP contribution in [0.2, 0.25) is 0 Å². The fourth-order valence-electron chi connectivity index (χ4n) is 2.44. The van der Waals surface area contributed by atoms with Crippen molar-refractivity contribution in [2.45, 2.75) is 70.0 Å². The van der Waals surface area contributed by atoms with Crippen LogP contribution in [0.25, 0.3) is 0 Å². The van der Waals surface area contributed by atoms with Crippen LogP contribution in [0.4, 0.5) is 0 Å². The van der Waals surface area contributed by atoms with Crippen LogP contribution in [0.15, 0.2) is 0 Å². The van der Waals surface area contributed by atoms with E-state index in [4.69, 9.17) is 5.73 Å². The molecule has 1 saturated heterocycles. The Balaban J connectivity index is 1.86. The number of likely N-dealkylation sites (tertiary alicyclic amines) is 1. The van der Waals surface area contributed by atoms with Gasteiger partial charge in [0, 0.05) is 24.5 Å². The van der Waals surface area contributed by atoms with E-state index in [9.17, 15) is 9.59 Å². The molecule has 2 rings (SSSR count). The highest BCUT2D eigenvalue weighted by Gasteiger charge is 2.36. The maximum atomic E-state index is 12.2. The molecule has 5 heteroatoms. The van der Waals surface area contributed by atoms with Crippen molar-refractivity contribution >= 4 is 11.8 Å². The number of nitrogens with zero attached hydrogens (tertiary/aromatic N) is 1. The Morgan fingerprint density at radius 3 is 2.58 bits per heavy atom. The van der Waals surface area contributed by atoms with E-state index in [1.165, 1.54) is 0 Å². The smallest absolute Gasteiger partial charge is 0.243 e. The van der Waals surface area contributed by atoms with Gasteiger partial charge in [-0.3, -0.25) is 9.59 Å². The highest BCUT2D eigenvalue weighted by atomic mass is 16.2. The average Bonchev–Trinajstić information content (AvgIpc) is 2.98. The van der Waals surface area contributed by atoms with E-state index in [0.29, 0.717) is 25.4 Å². The van der Waals surface area contributed by atoms with Gasteiger partial charge in [-0.25, -0.2) is 0 Å². The lowest BCUT2D eigenvalue weighted by Gasteiger charge is -2.26. The number of hydrogen-bond donors (Lipinski definition) is 2. The van der Waals surface area contributed by atoms with Gasteiger partial charge in [-0.2, -0.15) is 0 Å². The molecular formula is C14H25N3O2. The lowest BCUT2D eigenvalue weighted by molar-refractivity contribution is -0.138. The molecule has 3 N–H and O–H groups in total. The number of rotatable bonds is 5. The molecule has 2 fully saturated rings. The molecule has 2 amide bonds. The van der Waals surface area contributed by atoms with Gasteiger partial charge in [0.05, 0.1) is 0 Å². The van der Waals surface area contributed by atoms with Gasteiger partial charge in [0.25, 0.3) is 0 Å². The van der Waals surface area contributed by atoms with Crippen LogP contribution >= 0.6 is 0 Å². The second-order valence-corrected chi connectivity index (χ2v) is 6.52. The van der Waals surface area contributed by atoms with Crippen LogP contribution in [-0.2, 0) is 9.59 Å². The monoisotopic (exact) mass is 267 g/mol. The summed E-state index contributed by atoms with van der Waals surface area (Å²) in [6.07, 6.45) is 4.94. The summed E-state index contributed by atoms with van der Waals surface area (Å²) in [6.45, 7) is 4.54. The van der Waals surface area contributed by atoms with E-state index in [-0.39, 0.29) is 23.4 Å². The number of nitrogens with two attached hydrogens (primary N) is 1. The Labute approximate surface area is 114 Å². The van der Waals surface area contributed by atoms with Crippen LogP contribution in [0.3, 0.4) is 0 Å². The van der Waals surface area contributed by atoms with Crippen LogP contribution < -0.4 is 11.1 Å².